The van der Waals surface area contributed by atoms with Crippen LogP contribution in [-0.4, -0.2) is 71.7 Å². The fraction of sp³-hybridized carbons (Fsp3) is 0.333. The number of ether oxygens (including phenoxy) is 3. The summed E-state index contributed by atoms with van der Waals surface area (Å²) in [6.07, 6.45) is 3.13. The van der Waals surface area contributed by atoms with E-state index < -0.39 is 23.8 Å². The summed E-state index contributed by atoms with van der Waals surface area (Å²) in [5.41, 5.74) is 3.91. The minimum Gasteiger partial charge on any atom is -0.494 e. The summed E-state index contributed by atoms with van der Waals surface area (Å²) < 4.78 is 17.3. The van der Waals surface area contributed by atoms with Gasteiger partial charge in [0, 0.05) is 37.3 Å². The minimum absolute atomic E-state index is 0.0534. The Hall–Kier alpha value is -5.78. The molecule has 12 nitrogen and oxygen atoms in total. The van der Waals surface area contributed by atoms with Crippen LogP contribution in [0.3, 0.4) is 0 Å². The van der Waals surface area contributed by atoms with Crippen LogP contribution in [0.1, 0.15) is 77.6 Å². The lowest BCUT2D eigenvalue weighted by Gasteiger charge is -2.26. The van der Waals surface area contributed by atoms with Gasteiger partial charge in [-0.05, 0) is 79.4 Å². The Labute approximate surface area is 297 Å². The van der Waals surface area contributed by atoms with Gasteiger partial charge in [0.15, 0.2) is 0 Å². The zero-order chi connectivity index (χ0) is 36.4. The number of amides is 3. The maximum Gasteiger partial charge on any atom is 0.316 e. The quantitative estimate of drug-likeness (QED) is 0.0794. The summed E-state index contributed by atoms with van der Waals surface area (Å²) in [6.45, 7) is 8.10. The molecule has 0 spiro atoms. The number of hydrogen-bond acceptors (Lipinski definition) is 10. The molecular formula is C39H43N5O7. The third-order valence-electron chi connectivity index (χ3n) is 8.76. The Kier molecular flexibility index (Phi) is 12.0. The molecule has 266 valence electrons. The second-order valence-corrected chi connectivity index (χ2v) is 12.5. The molecule has 1 atom stereocenters. The second-order valence-electron chi connectivity index (χ2n) is 12.5. The maximum absolute atomic E-state index is 13.2. The van der Waals surface area contributed by atoms with Crippen molar-refractivity contribution < 1.29 is 33.4 Å². The number of carbonyl (C=O) groups is 4. The summed E-state index contributed by atoms with van der Waals surface area (Å²) in [4.78, 5) is 58.9. The van der Waals surface area contributed by atoms with Crippen LogP contribution in [-0.2, 0) is 21.6 Å². The highest BCUT2D eigenvalue weighted by atomic mass is 16.5. The van der Waals surface area contributed by atoms with Gasteiger partial charge in [-0.25, -0.2) is 4.98 Å². The van der Waals surface area contributed by atoms with Gasteiger partial charge in [0.2, 0.25) is 5.91 Å². The summed E-state index contributed by atoms with van der Waals surface area (Å²) in [5.74, 6) is -0.0788. The molecule has 0 saturated heterocycles. The number of aromatic nitrogens is 2. The lowest BCUT2D eigenvalue weighted by molar-refractivity contribution is -0.124. The van der Waals surface area contributed by atoms with Gasteiger partial charge in [-0.1, -0.05) is 38.1 Å². The zero-order valence-corrected chi connectivity index (χ0v) is 29.3. The Bertz CT molecular complexity index is 1840. The van der Waals surface area contributed by atoms with Crippen molar-refractivity contribution in [3.63, 3.8) is 0 Å². The van der Waals surface area contributed by atoms with Crippen LogP contribution in [0, 0.1) is 0 Å². The van der Waals surface area contributed by atoms with E-state index in [0.717, 1.165) is 33.2 Å². The normalized spacial score (nSPS) is 13.0. The Morgan fingerprint density at radius 3 is 2.22 bits per heavy atom. The first kappa shape index (κ1) is 36.5. The van der Waals surface area contributed by atoms with Crippen molar-refractivity contribution in [3.8, 4) is 17.5 Å². The first-order valence-electron chi connectivity index (χ1n) is 17.0. The molecule has 0 saturated carbocycles. The molecule has 4 aromatic rings. The van der Waals surface area contributed by atoms with Crippen molar-refractivity contribution >= 4 is 29.7 Å². The fourth-order valence-electron chi connectivity index (χ4n) is 5.83. The number of anilines is 1. The lowest BCUT2D eigenvalue weighted by atomic mass is 9.78. The Morgan fingerprint density at radius 1 is 0.902 bits per heavy atom. The van der Waals surface area contributed by atoms with Crippen molar-refractivity contribution in [1.82, 2.24) is 20.2 Å². The van der Waals surface area contributed by atoms with Crippen molar-refractivity contribution in [3.05, 3.63) is 107 Å². The summed E-state index contributed by atoms with van der Waals surface area (Å²) in [5, 5.41) is 5.75. The highest BCUT2D eigenvalue weighted by Gasteiger charge is 2.42. The summed E-state index contributed by atoms with van der Waals surface area (Å²) in [6, 6.07) is 22.2. The number of fused-ring (bicyclic) bond motifs is 1. The van der Waals surface area contributed by atoms with Gasteiger partial charge < -0.3 is 29.6 Å². The smallest absolute Gasteiger partial charge is 0.316 e. The van der Waals surface area contributed by atoms with Gasteiger partial charge in [-0.2, -0.15) is 4.98 Å². The molecule has 0 bridgehead atoms. The molecule has 5 rings (SSSR count). The number of hydrogen-bond donors (Lipinski definition) is 2. The second kappa shape index (κ2) is 16.8. The van der Waals surface area contributed by atoms with E-state index in [-0.39, 0.29) is 29.4 Å². The summed E-state index contributed by atoms with van der Waals surface area (Å²) >= 11 is 0. The van der Waals surface area contributed by atoms with Gasteiger partial charge in [0.1, 0.15) is 30.4 Å². The largest absolute Gasteiger partial charge is 0.494 e. The lowest BCUT2D eigenvalue weighted by Crippen LogP contribution is -2.48. The number of aldehydes is 1. The molecule has 2 heterocycles. The van der Waals surface area contributed by atoms with Gasteiger partial charge in [-0.3, -0.25) is 19.3 Å². The highest BCUT2D eigenvalue weighted by molar-refractivity contribution is 6.23. The molecule has 1 unspecified atom stereocenters. The Balaban J connectivity index is 1.09. The van der Waals surface area contributed by atoms with Crippen LogP contribution in [0.25, 0.3) is 0 Å². The van der Waals surface area contributed by atoms with E-state index in [1.54, 1.807) is 30.5 Å². The molecular weight excluding hydrogens is 650 g/mol. The van der Waals surface area contributed by atoms with Crippen molar-refractivity contribution in [2.45, 2.75) is 58.1 Å². The molecule has 1 aromatic heterocycles. The highest BCUT2D eigenvalue weighted by Crippen LogP contribution is 2.34. The number of nitrogens with one attached hydrogen (secondary N) is 2. The van der Waals surface area contributed by atoms with E-state index in [1.807, 2.05) is 31.2 Å². The fourth-order valence-corrected chi connectivity index (χ4v) is 5.83. The molecule has 12 heteroatoms. The third-order valence-corrected chi connectivity index (χ3v) is 8.76. The van der Waals surface area contributed by atoms with Crippen LogP contribution in [0.15, 0.2) is 79.0 Å². The molecule has 2 N–H and O–H groups in total. The molecule has 3 aromatic carbocycles. The summed E-state index contributed by atoms with van der Waals surface area (Å²) in [7, 11) is 1.43. The van der Waals surface area contributed by atoms with E-state index in [0.29, 0.717) is 50.8 Å². The first-order chi connectivity index (χ1) is 24.7. The average Bonchev–Trinajstić information content (AvgIpc) is 3.39. The number of carbonyl (C=O) groups excluding carboxylic acids is 4. The minimum atomic E-state index is -1.05. The molecule has 0 radical (unpaired) electrons. The molecule has 0 aliphatic carbocycles. The predicted octanol–water partition coefficient (Wildman–Crippen LogP) is 5.35. The van der Waals surface area contributed by atoms with E-state index in [9.17, 15) is 19.2 Å². The van der Waals surface area contributed by atoms with E-state index >= 15 is 0 Å². The number of nitrogens with zero attached hydrogens (tertiary/aromatic N) is 3. The number of rotatable bonds is 18. The Morgan fingerprint density at radius 2 is 1.57 bits per heavy atom. The standard InChI is InChI=1S/C39H43N5O7/c1-5-49-38-42-21-19-29(43-38)25-51-31-16-11-27(12-17-31)39(2,3)26-9-14-30(15-10-26)50-23-7-20-41-28-13-18-32-33(24-28)37(48)44(36(32)47)34(8-6-22-45)35(46)40-4/h9-19,21-22,24,34,41H,5-8,20,23,25H2,1-4H3,(H,40,46). The molecule has 1 aliphatic heterocycles. The van der Waals surface area contributed by atoms with E-state index in [2.05, 4.69) is 58.7 Å². The van der Waals surface area contributed by atoms with Crippen LogP contribution in [0.5, 0.6) is 17.5 Å². The average molecular weight is 694 g/mol. The van der Waals surface area contributed by atoms with E-state index in [1.165, 1.54) is 7.05 Å². The third kappa shape index (κ3) is 8.69. The predicted molar refractivity (Wildman–Crippen MR) is 191 cm³/mol. The SMILES string of the molecule is CCOc1nccc(COc2ccc(C(C)(C)c3ccc(OCCCNc4ccc5c(c4)C(=O)N(C(CCC=O)C(=O)NC)C5=O)cc3)cc2)n1. The number of imide groups is 1. The van der Waals surface area contributed by atoms with Crippen LogP contribution in [0.2, 0.25) is 0 Å². The van der Waals surface area contributed by atoms with Crippen LogP contribution in [0.4, 0.5) is 5.69 Å². The molecule has 1 aliphatic rings. The van der Waals surface area contributed by atoms with Crippen LogP contribution < -0.4 is 24.8 Å². The van der Waals surface area contributed by atoms with Gasteiger partial charge in [0.05, 0.1) is 30.0 Å². The molecule has 3 amide bonds. The zero-order valence-electron chi connectivity index (χ0n) is 29.3. The van der Waals surface area contributed by atoms with E-state index in [4.69, 9.17) is 14.2 Å². The van der Waals surface area contributed by atoms with Crippen molar-refractivity contribution in [2.24, 2.45) is 0 Å². The monoisotopic (exact) mass is 693 g/mol. The van der Waals surface area contributed by atoms with Gasteiger partial charge in [-0.15, -0.1) is 0 Å². The maximum atomic E-state index is 13.2. The topological polar surface area (TPSA) is 149 Å². The number of benzene rings is 3. The van der Waals surface area contributed by atoms with Gasteiger partial charge in [0.25, 0.3) is 11.8 Å². The van der Waals surface area contributed by atoms with Crippen molar-refractivity contribution in [1.29, 1.82) is 0 Å². The van der Waals surface area contributed by atoms with Crippen molar-refractivity contribution in [2.75, 3.05) is 32.1 Å². The van der Waals surface area contributed by atoms with Gasteiger partial charge >= 0.3 is 6.01 Å². The first-order valence-corrected chi connectivity index (χ1v) is 17.0. The number of likely N-dealkylation sites (N-methyl/N-ethyl adjacent to an activating group) is 1. The molecule has 0 fully saturated rings. The molecule has 51 heavy (non-hydrogen) atoms. The van der Waals surface area contributed by atoms with Crippen LogP contribution >= 0.6 is 0 Å².